The van der Waals surface area contributed by atoms with Crippen molar-refractivity contribution >= 4 is 30.2 Å². The van der Waals surface area contributed by atoms with Crippen LogP contribution < -0.4 is 20.1 Å². The molecule has 54 heavy (non-hydrogen) atoms. The third kappa shape index (κ3) is 7.33. The molecule has 2 aromatic rings. The third-order valence-electron chi connectivity index (χ3n) is 10.0. The summed E-state index contributed by atoms with van der Waals surface area (Å²) < 4.78 is 29.7. The second kappa shape index (κ2) is 13.9. The molecule has 1 aromatic heterocycles. The lowest BCUT2D eigenvalue weighted by Crippen LogP contribution is -2.74. The van der Waals surface area contributed by atoms with Gasteiger partial charge in [-0.15, -0.1) is 0 Å². The highest BCUT2D eigenvalue weighted by atomic mass is 16.7. The van der Waals surface area contributed by atoms with E-state index in [9.17, 15) is 34.2 Å². The molecule has 2 bridgehead atoms. The summed E-state index contributed by atoms with van der Waals surface area (Å²) >= 11 is 0. The smallest absolute Gasteiger partial charge is 0.477 e. The van der Waals surface area contributed by atoms with E-state index in [4.69, 9.17) is 23.7 Å². The molecule has 292 valence electrons. The summed E-state index contributed by atoms with van der Waals surface area (Å²) in [6, 6.07) is 1.83. The first-order valence-corrected chi connectivity index (χ1v) is 17.8. The van der Waals surface area contributed by atoms with Crippen LogP contribution in [-0.2, 0) is 42.1 Å². The molecule has 2 amide bonds. The van der Waals surface area contributed by atoms with Crippen molar-refractivity contribution < 1.29 is 57.9 Å². The highest BCUT2D eigenvalue weighted by Crippen LogP contribution is 2.65. The summed E-state index contributed by atoms with van der Waals surface area (Å²) in [6.07, 6.45) is 0.507. The quantitative estimate of drug-likeness (QED) is 0.164. The van der Waals surface area contributed by atoms with Crippen molar-refractivity contribution in [3.63, 3.8) is 0 Å². The molecule has 3 heterocycles. The Bertz CT molecular complexity index is 1890. The molecule has 0 radical (unpaired) electrons. The molecular formula is C37H47N5O12. The summed E-state index contributed by atoms with van der Waals surface area (Å²) in [5.41, 5.74) is -2.23. The molecule has 0 unspecified atom stereocenters. The maximum atomic E-state index is 14.1. The Morgan fingerprint density at radius 2 is 1.80 bits per heavy atom. The van der Waals surface area contributed by atoms with E-state index < -0.39 is 64.6 Å². The van der Waals surface area contributed by atoms with Crippen molar-refractivity contribution in [1.29, 1.82) is 0 Å². The van der Waals surface area contributed by atoms with Crippen molar-refractivity contribution in [1.82, 2.24) is 25.1 Å². The summed E-state index contributed by atoms with van der Waals surface area (Å²) in [5, 5.41) is 27.1. The van der Waals surface area contributed by atoms with E-state index in [1.165, 1.54) is 6.20 Å². The number of rotatable bonds is 9. The number of piperidine rings is 1. The summed E-state index contributed by atoms with van der Waals surface area (Å²) in [4.78, 5) is 69.8. The van der Waals surface area contributed by atoms with Gasteiger partial charge in [-0.05, 0) is 85.7 Å². The van der Waals surface area contributed by atoms with Gasteiger partial charge in [0, 0.05) is 43.6 Å². The minimum atomic E-state index is -1.35. The first-order chi connectivity index (χ1) is 25.2. The molecular weight excluding hydrogens is 706 g/mol. The van der Waals surface area contributed by atoms with Gasteiger partial charge in [0.1, 0.15) is 29.3 Å². The largest absolute Gasteiger partial charge is 0.514 e. The van der Waals surface area contributed by atoms with E-state index in [1.54, 1.807) is 53.7 Å². The molecule has 1 saturated heterocycles. The van der Waals surface area contributed by atoms with Gasteiger partial charge in [-0.2, -0.15) is 0 Å². The Labute approximate surface area is 311 Å². The molecule has 6 rings (SSSR count). The minimum Gasteiger partial charge on any atom is -0.477 e. The number of amides is 2. The van der Waals surface area contributed by atoms with Crippen LogP contribution in [-0.4, -0.2) is 110 Å². The van der Waals surface area contributed by atoms with Gasteiger partial charge in [-0.1, -0.05) is 6.07 Å². The lowest BCUT2D eigenvalue weighted by Gasteiger charge is -2.61. The lowest BCUT2D eigenvalue weighted by atomic mass is 9.50. The Morgan fingerprint density at radius 1 is 1.07 bits per heavy atom. The number of aromatic nitrogens is 2. The second-order valence-electron chi connectivity index (χ2n) is 16.1. The number of alkyl carbamates (subject to hydrolysis) is 1. The van der Waals surface area contributed by atoms with Crippen LogP contribution >= 0.6 is 0 Å². The highest BCUT2D eigenvalue weighted by molar-refractivity contribution is 5.85. The number of carbonyl (C=O) groups excluding carboxylic acids is 4. The van der Waals surface area contributed by atoms with Gasteiger partial charge in [-0.25, -0.2) is 28.7 Å². The topological polar surface area (TPSA) is 217 Å². The number of aliphatic hydroxyl groups is 1. The molecule has 5 atom stereocenters. The number of hydrogen-bond donors (Lipinski definition) is 4. The molecule has 2 aliphatic carbocycles. The van der Waals surface area contributed by atoms with E-state index in [-0.39, 0.29) is 54.8 Å². The molecule has 17 nitrogen and oxygen atoms in total. The first-order valence-electron chi connectivity index (χ1n) is 17.8. The molecule has 4 N–H and O–H groups in total. The lowest BCUT2D eigenvalue weighted by molar-refractivity contribution is -0.170. The molecule has 4 aliphatic rings. The van der Waals surface area contributed by atoms with Crippen molar-refractivity contribution in [2.24, 2.45) is 0 Å². The fraction of sp³-hybridized carbons (Fsp3) is 0.568. The molecule has 1 aromatic carbocycles. The van der Waals surface area contributed by atoms with Crippen LogP contribution in [0.2, 0.25) is 0 Å². The molecule has 1 spiro atoms. The number of esters is 1. The predicted molar refractivity (Wildman–Crippen MR) is 188 cm³/mol. The number of carbonyl (C=O) groups is 5. The van der Waals surface area contributed by atoms with E-state index in [2.05, 4.69) is 20.5 Å². The molecule has 2 aliphatic heterocycles. The predicted octanol–water partition coefficient (Wildman–Crippen LogP) is 3.19. The number of likely N-dealkylation sites (N-methyl/N-ethyl adjacent to an activating group) is 1. The fourth-order valence-electron chi connectivity index (χ4n) is 7.89. The number of carboxylic acid groups (broad SMARTS) is 1. The maximum Gasteiger partial charge on any atom is 0.514 e. The SMILES string of the molecule is CN1CC[C@]23c4c5ccc(OC(=O)OC(C)(C)C)c4O[C@H]2C(OC(=O)[C@H](Cc2cn(C(=O)O)cn2)NC(=O)CCNC(=O)OC(C)(C)C)=CC[C@@]3(O)[C@H]1C5. The van der Waals surface area contributed by atoms with Crippen LogP contribution in [0.15, 0.2) is 36.5 Å². The van der Waals surface area contributed by atoms with Crippen LogP contribution in [0.4, 0.5) is 14.4 Å². The number of benzene rings is 1. The Morgan fingerprint density at radius 3 is 2.46 bits per heavy atom. The van der Waals surface area contributed by atoms with Crippen LogP contribution in [0.3, 0.4) is 0 Å². The van der Waals surface area contributed by atoms with Gasteiger partial charge < -0.3 is 49.4 Å². The van der Waals surface area contributed by atoms with Gasteiger partial charge in [0.2, 0.25) is 5.91 Å². The van der Waals surface area contributed by atoms with Gasteiger partial charge in [0.15, 0.2) is 17.6 Å². The fourth-order valence-corrected chi connectivity index (χ4v) is 7.89. The summed E-state index contributed by atoms with van der Waals surface area (Å²) in [5.74, 6) is -1.07. The minimum absolute atomic E-state index is 0.0938. The Balaban J connectivity index is 1.27. The molecule has 1 fully saturated rings. The van der Waals surface area contributed by atoms with Gasteiger partial charge >= 0.3 is 24.3 Å². The van der Waals surface area contributed by atoms with Crippen molar-refractivity contribution in [3.05, 3.63) is 53.3 Å². The second-order valence-corrected chi connectivity index (χ2v) is 16.1. The molecule has 17 heteroatoms. The summed E-state index contributed by atoms with van der Waals surface area (Å²) in [7, 11) is 1.95. The normalized spacial score (nSPS) is 24.6. The number of hydrogen-bond acceptors (Lipinski definition) is 13. The highest BCUT2D eigenvalue weighted by Gasteiger charge is 2.72. The van der Waals surface area contributed by atoms with E-state index in [0.29, 0.717) is 24.9 Å². The van der Waals surface area contributed by atoms with Crippen LogP contribution in [0.5, 0.6) is 11.5 Å². The van der Waals surface area contributed by atoms with Gasteiger partial charge in [-0.3, -0.25) is 4.79 Å². The summed E-state index contributed by atoms with van der Waals surface area (Å²) in [6.45, 7) is 10.7. The van der Waals surface area contributed by atoms with Crippen molar-refractivity contribution in [2.75, 3.05) is 20.1 Å². The van der Waals surface area contributed by atoms with E-state index in [1.807, 2.05) is 13.1 Å². The van der Waals surface area contributed by atoms with Crippen molar-refractivity contribution in [2.45, 2.75) is 114 Å². The number of imidazole rings is 1. The average Bonchev–Trinajstić information content (AvgIpc) is 3.66. The number of likely N-dealkylation sites (tertiary alicyclic amines) is 1. The zero-order valence-electron chi connectivity index (χ0n) is 31.4. The van der Waals surface area contributed by atoms with Crippen LogP contribution in [0, 0.1) is 0 Å². The Hall–Kier alpha value is -5.16. The maximum absolute atomic E-state index is 14.1. The number of ether oxygens (including phenoxy) is 5. The standard InChI is InChI=1S/C37H47N5O12/c1-34(2,3)53-31(45)38-14-11-26(43)40-22(17-21-18-42(19-39-21)32(46)47)30(44)50-24-10-12-37(49)25-16-20-8-9-23(51-33(48)54-35(4,5)6)28-27(20)36(37,29(24)52-28)13-15-41(25)7/h8-10,18-19,22,25,29,49H,11-17H2,1-7H3,(H,38,45)(H,40,43)(H,46,47)/t22-,25+,29-,36-,37+/m0/s1. The molecule has 0 saturated carbocycles. The first kappa shape index (κ1) is 38.6. The zero-order chi connectivity index (χ0) is 39.4. The van der Waals surface area contributed by atoms with E-state index >= 15 is 0 Å². The Kier molecular flexibility index (Phi) is 9.94. The van der Waals surface area contributed by atoms with E-state index in [0.717, 1.165) is 16.5 Å². The number of nitrogens with one attached hydrogen (secondary N) is 2. The number of nitrogens with zero attached hydrogens (tertiary/aromatic N) is 3. The average molecular weight is 754 g/mol. The zero-order valence-corrected chi connectivity index (χ0v) is 31.4. The van der Waals surface area contributed by atoms with Gasteiger partial charge in [0.05, 0.1) is 16.7 Å². The van der Waals surface area contributed by atoms with Crippen LogP contribution in [0.1, 0.15) is 77.6 Å². The van der Waals surface area contributed by atoms with Crippen LogP contribution in [0.25, 0.3) is 0 Å². The monoisotopic (exact) mass is 753 g/mol. The van der Waals surface area contributed by atoms with Crippen molar-refractivity contribution in [3.8, 4) is 11.5 Å². The van der Waals surface area contributed by atoms with Gasteiger partial charge in [0.25, 0.3) is 0 Å². The third-order valence-corrected chi connectivity index (χ3v) is 10.0.